The Morgan fingerprint density at radius 1 is 1.28 bits per heavy atom. The van der Waals surface area contributed by atoms with Crippen molar-refractivity contribution < 1.29 is 4.74 Å². The van der Waals surface area contributed by atoms with E-state index in [4.69, 9.17) is 4.74 Å². The Kier molecular flexibility index (Phi) is 4.68. The molecule has 0 unspecified atom stereocenters. The summed E-state index contributed by atoms with van der Waals surface area (Å²) < 4.78 is 7.52. The van der Waals surface area contributed by atoms with Gasteiger partial charge in [-0.2, -0.15) is 0 Å². The number of nitrogens with zero attached hydrogens (tertiary/aromatic N) is 2. The largest absolute Gasteiger partial charge is 0.436 e. The first-order valence-electron chi connectivity index (χ1n) is 5.27. The van der Waals surface area contributed by atoms with E-state index in [0.717, 1.165) is 14.6 Å². The maximum absolute atomic E-state index is 5.68. The summed E-state index contributed by atoms with van der Waals surface area (Å²) in [5, 5.41) is 3.02. The molecule has 0 aliphatic carbocycles. The Balaban J connectivity index is 2.20. The second-order valence-corrected chi connectivity index (χ2v) is 5.33. The molecule has 18 heavy (non-hydrogen) atoms. The van der Waals surface area contributed by atoms with Crippen LogP contribution in [0.25, 0.3) is 0 Å². The summed E-state index contributed by atoms with van der Waals surface area (Å²) >= 11 is 6.83. The van der Waals surface area contributed by atoms with Crippen LogP contribution >= 0.6 is 31.9 Å². The van der Waals surface area contributed by atoms with Gasteiger partial charge in [-0.1, -0.05) is 15.9 Å². The maximum Gasteiger partial charge on any atom is 0.238 e. The van der Waals surface area contributed by atoms with E-state index in [9.17, 15) is 0 Å². The smallest absolute Gasteiger partial charge is 0.238 e. The summed E-state index contributed by atoms with van der Waals surface area (Å²) in [6, 6.07) is 5.69. The predicted molar refractivity (Wildman–Crippen MR) is 76.7 cm³/mol. The van der Waals surface area contributed by atoms with E-state index in [1.165, 1.54) is 0 Å². The Morgan fingerprint density at radius 3 is 2.83 bits per heavy atom. The fourth-order valence-corrected chi connectivity index (χ4v) is 2.50. The van der Waals surface area contributed by atoms with E-state index in [1.807, 2.05) is 25.2 Å². The highest BCUT2D eigenvalue weighted by atomic mass is 79.9. The van der Waals surface area contributed by atoms with Crippen LogP contribution in [-0.4, -0.2) is 17.0 Å². The van der Waals surface area contributed by atoms with Crippen LogP contribution in [0.15, 0.2) is 39.5 Å². The molecule has 1 aromatic heterocycles. The van der Waals surface area contributed by atoms with E-state index in [0.29, 0.717) is 18.2 Å². The zero-order valence-electron chi connectivity index (χ0n) is 9.65. The van der Waals surface area contributed by atoms with Crippen LogP contribution in [-0.2, 0) is 6.54 Å². The molecule has 1 aromatic carbocycles. The summed E-state index contributed by atoms with van der Waals surface area (Å²) in [6.07, 6.45) is 3.30. The van der Waals surface area contributed by atoms with E-state index in [2.05, 4.69) is 47.1 Å². The second-order valence-electron chi connectivity index (χ2n) is 3.56. The summed E-state index contributed by atoms with van der Waals surface area (Å²) in [5.41, 5.74) is 0.836. The molecule has 4 nitrogen and oxygen atoms in total. The van der Waals surface area contributed by atoms with Gasteiger partial charge in [0.25, 0.3) is 0 Å². The second kappa shape index (κ2) is 6.26. The zero-order chi connectivity index (χ0) is 13.0. The van der Waals surface area contributed by atoms with Crippen molar-refractivity contribution in [2.24, 2.45) is 0 Å². The molecule has 0 atom stereocenters. The minimum absolute atomic E-state index is 0.478. The molecule has 6 heteroatoms. The van der Waals surface area contributed by atoms with Crippen molar-refractivity contribution in [2.75, 3.05) is 7.05 Å². The van der Waals surface area contributed by atoms with Crippen LogP contribution < -0.4 is 10.1 Å². The van der Waals surface area contributed by atoms with Crippen molar-refractivity contribution >= 4 is 31.9 Å². The van der Waals surface area contributed by atoms with Gasteiger partial charge in [-0.3, -0.25) is 4.98 Å². The molecule has 2 aromatic rings. The summed E-state index contributed by atoms with van der Waals surface area (Å²) in [7, 11) is 1.86. The lowest BCUT2D eigenvalue weighted by molar-refractivity contribution is 0.454. The fraction of sp³-hybridized carbons (Fsp3) is 0.167. The highest BCUT2D eigenvalue weighted by Crippen LogP contribution is 2.31. The normalized spacial score (nSPS) is 10.4. The monoisotopic (exact) mass is 371 g/mol. The van der Waals surface area contributed by atoms with E-state index >= 15 is 0 Å². The Bertz CT molecular complexity index is 549. The lowest BCUT2D eigenvalue weighted by Crippen LogP contribution is -2.07. The standard InChI is InChI=1S/C12H11Br2N3O/c1-15-5-9-6-16-7-12(17-9)18-11-3-2-8(13)4-10(11)14/h2-4,6-7,15H,5H2,1H3. The highest BCUT2D eigenvalue weighted by Gasteiger charge is 2.05. The van der Waals surface area contributed by atoms with Gasteiger partial charge in [0.05, 0.1) is 16.4 Å². The zero-order valence-corrected chi connectivity index (χ0v) is 12.8. The molecule has 0 amide bonds. The highest BCUT2D eigenvalue weighted by molar-refractivity contribution is 9.11. The van der Waals surface area contributed by atoms with Crippen LogP contribution in [0, 0.1) is 0 Å². The number of hydrogen-bond acceptors (Lipinski definition) is 4. The molecule has 0 bridgehead atoms. The summed E-state index contributed by atoms with van der Waals surface area (Å²) in [6.45, 7) is 0.658. The van der Waals surface area contributed by atoms with Crippen molar-refractivity contribution in [3.05, 3.63) is 45.2 Å². The van der Waals surface area contributed by atoms with Crippen molar-refractivity contribution in [2.45, 2.75) is 6.54 Å². The van der Waals surface area contributed by atoms with Gasteiger partial charge in [0.2, 0.25) is 5.88 Å². The minimum Gasteiger partial charge on any atom is -0.436 e. The lowest BCUT2D eigenvalue weighted by Gasteiger charge is -2.07. The topological polar surface area (TPSA) is 47.0 Å². The van der Waals surface area contributed by atoms with E-state index < -0.39 is 0 Å². The molecule has 94 valence electrons. The third-order valence-electron chi connectivity index (χ3n) is 2.13. The molecule has 0 aliphatic rings. The molecule has 2 rings (SSSR count). The molecular weight excluding hydrogens is 362 g/mol. The van der Waals surface area contributed by atoms with Gasteiger partial charge >= 0.3 is 0 Å². The number of aromatic nitrogens is 2. The first-order valence-corrected chi connectivity index (χ1v) is 6.86. The Labute approximate surface area is 122 Å². The van der Waals surface area contributed by atoms with Crippen molar-refractivity contribution in [3.8, 4) is 11.6 Å². The summed E-state index contributed by atoms with van der Waals surface area (Å²) in [4.78, 5) is 8.44. The molecule has 1 N–H and O–H groups in total. The molecule has 0 saturated heterocycles. The van der Waals surface area contributed by atoms with Crippen LogP contribution in [0.2, 0.25) is 0 Å². The van der Waals surface area contributed by atoms with Gasteiger partial charge < -0.3 is 10.1 Å². The molecular formula is C12H11Br2N3O. The fourth-order valence-electron chi connectivity index (χ4n) is 1.37. The van der Waals surface area contributed by atoms with E-state index in [1.54, 1.807) is 12.4 Å². The van der Waals surface area contributed by atoms with Crippen LogP contribution in [0.1, 0.15) is 5.69 Å². The minimum atomic E-state index is 0.478. The maximum atomic E-state index is 5.68. The molecule has 0 saturated carbocycles. The number of halogens is 2. The molecule has 0 spiro atoms. The van der Waals surface area contributed by atoms with Gasteiger partial charge in [0, 0.05) is 17.2 Å². The number of benzene rings is 1. The van der Waals surface area contributed by atoms with Gasteiger partial charge in [-0.15, -0.1) is 0 Å². The first-order chi connectivity index (χ1) is 8.69. The molecule has 0 fully saturated rings. The van der Waals surface area contributed by atoms with Crippen molar-refractivity contribution in [1.82, 2.24) is 15.3 Å². The van der Waals surface area contributed by atoms with E-state index in [-0.39, 0.29) is 0 Å². The number of rotatable bonds is 4. The Hall–Kier alpha value is -0.980. The average molecular weight is 373 g/mol. The molecule has 1 heterocycles. The van der Waals surface area contributed by atoms with Gasteiger partial charge in [-0.05, 0) is 41.2 Å². The quantitative estimate of drug-likeness (QED) is 0.891. The van der Waals surface area contributed by atoms with Crippen LogP contribution in [0.4, 0.5) is 0 Å². The van der Waals surface area contributed by atoms with Gasteiger partial charge in [-0.25, -0.2) is 4.98 Å². The number of ether oxygens (including phenoxy) is 1. The number of nitrogens with one attached hydrogen (secondary N) is 1. The molecule has 0 aliphatic heterocycles. The third-order valence-corrected chi connectivity index (χ3v) is 3.24. The summed E-state index contributed by atoms with van der Waals surface area (Å²) in [5.74, 6) is 1.18. The lowest BCUT2D eigenvalue weighted by atomic mass is 10.3. The third kappa shape index (κ3) is 3.51. The van der Waals surface area contributed by atoms with Crippen LogP contribution in [0.5, 0.6) is 11.6 Å². The van der Waals surface area contributed by atoms with Crippen molar-refractivity contribution in [3.63, 3.8) is 0 Å². The van der Waals surface area contributed by atoms with Gasteiger partial charge in [0.15, 0.2) is 0 Å². The average Bonchev–Trinajstić information content (AvgIpc) is 2.34. The van der Waals surface area contributed by atoms with Gasteiger partial charge in [0.1, 0.15) is 5.75 Å². The predicted octanol–water partition coefficient (Wildman–Crippen LogP) is 3.51. The SMILES string of the molecule is CNCc1cncc(Oc2ccc(Br)cc2Br)n1. The van der Waals surface area contributed by atoms with Crippen molar-refractivity contribution in [1.29, 1.82) is 0 Å². The van der Waals surface area contributed by atoms with Crippen LogP contribution in [0.3, 0.4) is 0 Å². The molecule has 0 radical (unpaired) electrons. The number of hydrogen-bond donors (Lipinski definition) is 1. The first kappa shape index (κ1) is 13.5. The Morgan fingerprint density at radius 2 is 2.11 bits per heavy atom.